The Morgan fingerprint density at radius 1 is 0.947 bits per heavy atom. The van der Waals surface area contributed by atoms with Crippen LogP contribution in [0.2, 0.25) is 0 Å². The molecule has 0 aliphatic carbocycles. The third-order valence-corrected chi connectivity index (χ3v) is 3.57. The van der Waals surface area contributed by atoms with Gasteiger partial charge in [0.2, 0.25) is 0 Å². The molecule has 1 aromatic carbocycles. The van der Waals surface area contributed by atoms with Crippen LogP contribution in [0, 0.1) is 0 Å². The van der Waals surface area contributed by atoms with Gasteiger partial charge in [0, 0.05) is 17.4 Å². The fourth-order valence-electron chi connectivity index (χ4n) is 2.51. The Bertz CT molecular complexity index is 548. The van der Waals surface area contributed by atoms with Crippen LogP contribution in [0.15, 0.2) is 30.5 Å². The van der Waals surface area contributed by atoms with Crippen molar-refractivity contribution < 1.29 is 0 Å². The van der Waals surface area contributed by atoms with Crippen molar-refractivity contribution in [1.82, 2.24) is 4.98 Å². The number of pyridine rings is 1. The summed E-state index contributed by atoms with van der Waals surface area (Å²) in [6, 6.07) is 8.42. The first-order chi connectivity index (χ1) is 9.19. The van der Waals surface area contributed by atoms with Gasteiger partial charge >= 0.3 is 0 Å². The number of aryl methyl sites for hydroxylation is 3. The summed E-state index contributed by atoms with van der Waals surface area (Å²) in [6.07, 6.45) is 4.90. The first-order valence-corrected chi connectivity index (χ1v) is 7.06. The van der Waals surface area contributed by atoms with E-state index in [-0.39, 0.29) is 0 Å². The highest BCUT2D eigenvalue weighted by atomic mass is 14.7. The SMILES string of the molecule is CCc1cc(CC)c(-c2cc(N)ccn2)c(CC)c1. The van der Waals surface area contributed by atoms with Crippen LogP contribution in [0.1, 0.15) is 37.5 Å². The highest BCUT2D eigenvalue weighted by Crippen LogP contribution is 2.30. The van der Waals surface area contributed by atoms with Crippen LogP contribution in [0.5, 0.6) is 0 Å². The molecule has 2 nitrogen and oxygen atoms in total. The van der Waals surface area contributed by atoms with Crippen molar-refractivity contribution in [1.29, 1.82) is 0 Å². The van der Waals surface area contributed by atoms with Crippen molar-refractivity contribution in [2.45, 2.75) is 40.0 Å². The number of anilines is 1. The largest absolute Gasteiger partial charge is 0.399 e. The van der Waals surface area contributed by atoms with Gasteiger partial charge in [0.15, 0.2) is 0 Å². The Morgan fingerprint density at radius 2 is 1.58 bits per heavy atom. The predicted octanol–water partition coefficient (Wildman–Crippen LogP) is 4.02. The number of aromatic nitrogens is 1. The lowest BCUT2D eigenvalue weighted by molar-refractivity contribution is 1.04. The van der Waals surface area contributed by atoms with Gasteiger partial charge in [-0.05, 0) is 48.1 Å². The third kappa shape index (κ3) is 2.78. The van der Waals surface area contributed by atoms with Gasteiger partial charge in [-0.3, -0.25) is 4.98 Å². The maximum absolute atomic E-state index is 5.90. The van der Waals surface area contributed by atoms with Gasteiger partial charge in [-0.2, -0.15) is 0 Å². The van der Waals surface area contributed by atoms with Crippen LogP contribution in [-0.4, -0.2) is 4.98 Å². The Balaban J connectivity index is 2.66. The van der Waals surface area contributed by atoms with Crippen molar-refractivity contribution in [3.05, 3.63) is 47.2 Å². The Hall–Kier alpha value is -1.83. The molecule has 2 heteroatoms. The second-order valence-corrected chi connectivity index (χ2v) is 4.82. The van der Waals surface area contributed by atoms with E-state index in [1.165, 1.54) is 22.3 Å². The smallest absolute Gasteiger partial charge is 0.0727 e. The summed E-state index contributed by atoms with van der Waals surface area (Å²) >= 11 is 0. The van der Waals surface area contributed by atoms with Crippen molar-refractivity contribution in [3.8, 4) is 11.3 Å². The number of hydrogen-bond acceptors (Lipinski definition) is 2. The van der Waals surface area contributed by atoms with E-state index in [4.69, 9.17) is 5.73 Å². The van der Waals surface area contributed by atoms with Gasteiger partial charge in [-0.15, -0.1) is 0 Å². The summed E-state index contributed by atoms with van der Waals surface area (Å²) in [5.74, 6) is 0. The molecule has 2 rings (SSSR count). The molecule has 0 bridgehead atoms. The molecule has 0 saturated heterocycles. The van der Waals surface area contributed by atoms with E-state index >= 15 is 0 Å². The molecule has 0 fully saturated rings. The first-order valence-electron chi connectivity index (χ1n) is 7.06. The van der Waals surface area contributed by atoms with Crippen LogP contribution in [0.25, 0.3) is 11.3 Å². The van der Waals surface area contributed by atoms with Gasteiger partial charge in [0.05, 0.1) is 5.69 Å². The van der Waals surface area contributed by atoms with E-state index in [0.717, 1.165) is 30.6 Å². The first kappa shape index (κ1) is 13.6. The van der Waals surface area contributed by atoms with Crippen LogP contribution < -0.4 is 5.73 Å². The fraction of sp³-hybridized carbons (Fsp3) is 0.353. The molecule has 0 aliphatic rings. The minimum absolute atomic E-state index is 0.772. The van der Waals surface area contributed by atoms with Gasteiger partial charge < -0.3 is 5.73 Å². The van der Waals surface area contributed by atoms with E-state index in [9.17, 15) is 0 Å². The van der Waals surface area contributed by atoms with Gasteiger partial charge in [0.25, 0.3) is 0 Å². The van der Waals surface area contributed by atoms with Crippen molar-refractivity contribution in [2.24, 2.45) is 0 Å². The number of rotatable bonds is 4. The second kappa shape index (κ2) is 5.87. The molecular weight excluding hydrogens is 232 g/mol. The molecule has 0 aliphatic heterocycles. The lowest BCUT2D eigenvalue weighted by atomic mass is 9.91. The van der Waals surface area contributed by atoms with E-state index < -0.39 is 0 Å². The molecule has 0 unspecified atom stereocenters. The number of nitrogens with two attached hydrogens (primary N) is 1. The lowest BCUT2D eigenvalue weighted by Crippen LogP contribution is -1.99. The minimum atomic E-state index is 0.772. The second-order valence-electron chi connectivity index (χ2n) is 4.82. The molecule has 0 radical (unpaired) electrons. The Kier molecular flexibility index (Phi) is 4.20. The zero-order chi connectivity index (χ0) is 13.8. The van der Waals surface area contributed by atoms with Crippen LogP contribution in [0.4, 0.5) is 5.69 Å². The van der Waals surface area contributed by atoms with Crippen LogP contribution in [0.3, 0.4) is 0 Å². The molecule has 0 amide bonds. The zero-order valence-corrected chi connectivity index (χ0v) is 12.0. The molecule has 2 N–H and O–H groups in total. The maximum Gasteiger partial charge on any atom is 0.0727 e. The average molecular weight is 254 g/mol. The van der Waals surface area contributed by atoms with Crippen LogP contribution >= 0.6 is 0 Å². The summed E-state index contributed by atoms with van der Waals surface area (Å²) in [4.78, 5) is 4.50. The normalized spacial score (nSPS) is 10.7. The molecule has 2 aromatic rings. The van der Waals surface area contributed by atoms with Gasteiger partial charge in [-0.1, -0.05) is 32.9 Å². The summed E-state index contributed by atoms with van der Waals surface area (Å²) in [6.45, 7) is 6.60. The molecule has 1 aromatic heterocycles. The summed E-state index contributed by atoms with van der Waals surface area (Å²) in [5.41, 5.74) is 13.1. The van der Waals surface area contributed by atoms with Crippen molar-refractivity contribution in [3.63, 3.8) is 0 Å². The van der Waals surface area contributed by atoms with E-state index in [1.807, 2.05) is 12.1 Å². The lowest BCUT2D eigenvalue weighted by Gasteiger charge is -2.15. The number of nitrogens with zero attached hydrogens (tertiary/aromatic N) is 1. The van der Waals surface area contributed by atoms with Crippen LogP contribution in [-0.2, 0) is 19.3 Å². The average Bonchev–Trinajstić information content (AvgIpc) is 2.45. The van der Waals surface area contributed by atoms with E-state index in [0.29, 0.717) is 0 Å². The molecular formula is C17H22N2. The Labute approximate surface area is 115 Å². The quantitative estimate of drug-likeness (QED) is 0.895. The fourth-order valence-corrected chi connectivity index (χ4v) is 2.51. The molecule has 1 heterocycles. The molecule has 0 spiro atoms. The van der Waals surface area contributed by atoms with E-state index in [2.05, 4.69) is 37.9 Å². The summed E-state index contributed by atoms with van der Waals surface area (Å²) in [5, 5.41) is 0. The topological polar surface area (TPSA) is 38.9 Å². The molecule has 0 saturated carbocycles. The molecule has 19 heavy (non-hydrogen) atoms. The number of benzene rings is 1. The van der Waals surface area contributed by atoms with Gasteiger partial charge in [-0.25, -0.2) is 0 Å². The van der Waals surface area contributed by atoms with Crippen molar-refractivity contribution >= 4 is 5.69 Å². The highest BCUT2D eigenvalue weighted by Gasteiger charge is 2.12. The number of nitrogen functional groups attached to an aromatic ring is 1. The third-order valence-electron chi connectivity index (χ3n) is 3.57. The van der Waals surface area contributed by atoms with Crippen molar-refractivity contribution in [2.75, 3.05) is 5.73 Å². The summed E-state index contributed by atoms with van der Waals surface area (Å²) < 4.78 is 0. The highest BCUT2D eigenvalue weighted by molar-refractivity contribution is 5.71. The standard InChI is InChI=1S/C17H22N2/c1-4-12-9-13(5-2)17(14(6-3)10-12)16-11-15(18)7-8-19-16/h7-11H,4-6H2,1-3H3,(H2,18,19). The molecule has 0 atom stereocenters. The minimum Gasteiger partial charge on any atom is -0.399 e. The number of hydrogen-bond donors (Lipinski definition) is 1. The van der Waals surface area contributed by atoms with Gasteiger partial charge in [0.1, 0.15) is 0 Å². The zero-order valence-electron chi connectivity index (χ0n) is 12.0. The predicted molar refractivity (Wildman–Crippen MR) is 82.2 cm³/mol. The molecule has 100 valence electrons. The maximum atomic E-state index is 5.90. The Morgan fingerprint density at radius 3 is 2.05 bits per heavy atom. The monoisotopic (exact) mass is 254 g/mol. The van der Waals surface area contributed by atoms with E-state index in [1.54, 1.807) is 6.20 Å². The summed E-state index contributed by atoms with van der Waals surface area (Å²) in [7, 11) is 0.